The molecule has 1 unspecified atom stereocenters. The lowest BCUT2D eigenvalue weighted by molar-refractivity contribution is 0.0750. The van der Waals surface area contributed by atoms with Crippen LogP contribution >= 0.6 is 0 Å². The first-order chi connectivity index (χ1) is 10.5. The molecule has 0 fully saturated rings. The van der Waals surface area contributed by atoms with E-state index in [-0.39, 0.29) is 12.0 Å². The Balaban J connectivity index is 1.98. The van der Waals surface area contributed by atoms with Gasteiger partial charge in [-0.2, -0.15) is 0 Å². The highest BCUT2D eigenvalue weighted by Crippen LogP contribution is 2.30. The van der Waals surface area contributed by atoms with Gasteiger partial charge < -0.3 is 14.5 Å². The van der Waals surface area contributed by atoms with Crippen LogP contribution in [-0.2, 0) is 0 Å². The Hall–Kier alpha value is -2.14. The summed E-state index contributed by atoms with van der Waals surface area (Å²) in [5, 5.41) is 2.00. The van der Waals surface area contributed by atoms with Gasteiger partial charge in [0, 0.05) is 31.4 Å². The number of hydrogen-bond acceptors (Lipinski definition) is 4. The molecule has 22 heavy (non-hydrogen) atoms. The van der Waals surface area contributed by atoms with Crippen molar-refractivity contribution in [2.45, 2.75) is 12.5 Å². The topological polar surface area (TPSA) is 45.7 Å². The molecule has 0 spiro atoms. The smallest absolute Gasteiger partial charge is 0.257 e. The fourth-order valence-corrected chi connectivity index (χ4v) is 2.74. The summed E-state index contributed by atoms with van der Waals surface area (Å²) in [5.74, 6) is 0.680. The molecular formula is C17H21N3O2. The van der Waals surface area contributed by atoms with Crippen molar-refractivity contribution in [2.75, 3.05) is 34.2 Å². The average Bonchev–Trinajstić information content (AvgIpc) is 2.61. The van der Waals surface area contributed by atoms with Crippen molar-refractivity contribution < 1.29 is 9.53 Å². The Labute approximate surface area is 130 Å². The van der Waals surface area contributed by atoms with Crippen molar-refractivity contribution in [3.63, 3.8) is 0 Å². The molecule has 5 nitrogen and oxygen atoms in total. The van der Waals surface area contributed by atoms with E-state index in [2.05, 4.69) is 9.88 Å². The van der Waals surface area contributed by atoms with Crippen molar-refractivity contribution in [3.8, 4) is 5.75 Å². The summed E-state index contributed by atoms with van der Waals surface area (Å²) in [7, 11) is 5.91. The number of amides is 1. The average molecular weight is 299 g/mol. The van der Waals surface area contributed by atoms with Crippen LogP contribution in [0.4, 0.5) is 0 Å². The number of pyridine rings is 1. The second kappa shape index (κ2) is 5.93. The standard InChI is InChI=1S/C17H21N3O2/c1-19(2)7-5-14-11-20(3)17(21)15-8-12-4-6-18-10-13(12)9-16(15)22-14/h4,6,8-10,14H,5,7,11H2,1-3H3. The van der Waals surface area contributed by atoms with Gasteiger partial charge in [-0.05, 0) is 44.1 Å². The van der Waals surface area contributed by atoms with Crippen molar-refractivity contribution >= 4 is 16.7 Å². The Morgan fingerprint density at radius 3 is 2.95 bits per heavy atom. The molecular weight excluding hydrogens is 278 g/mol. The summed E-state index contributed by atoms with van der Waals surface area (Å²) in [6, 6.07) is 5.74. The van der Waals surface area contributed by atoms with Gasteiger partial charge in [-0.25, -0.2) is 0 Å². The van der Waals surface area contributed by atoms with Crippen molar-refractivity contribution in [2.24, 2.45) is 0 Å². The first-order valence-corrected chi connectivity index (χ1v) is 7.49. The molecule has 0 saturated heterocycles. The molecule has 2 heterocycles. The number of aromatic nitrogens is 1. The van der Waals surface area contributed by atoms with Crippen molar-refractivity contribution in [1.82, 2.24) is 14.8 Å². The first kappa shape index (κ1) is 14.8. The largest absolute Gasteiger partial charge is 0.488 e. The van der Waals surface area contributed by atoms with Crippen LogP contribution in [0.25, 0.3) is 10.8 Å². The zero-order chi connectivity index (χ0) is 15.7. The number of nitrogens with zero attached hydrogens (tertiary/aromatic N) is 3. The van der Waals surface area contributed by atoms with Gasteiger partial charge in [0.15, 0.2) is 0 Å². The van der Waals surface area contributed by atoms with Gasteiger partial charge in [0.2, 0.25) is 0 Å². The van der Waals surface area contributed by atoms with Gasteiger partial charge in [-0.3, -0.25) is 9.78 Å². The minimum Gasteiger partial charge on any atom is -0.488 e. The van der Waals surface area contributed by atoms with E-state index < -0.39 is 0 Å². The maximum absolute atomic E-state index is 12.6. The summed E-state index contributed by atoms with van der Waals surface area (Å²) in [6.45, 7) is 1.53. The van der Waals surface area contributed by atoms with Gasteiger partial charge in [0.25, 0.3) is 5.91 Å². The zero-order valence-electron chi connectivity index (χ0n) is 13.2. The quantitative estimate of drug-likeness (QED) is 0.870. The predicted molar refractivity (Wildman–Crippen MR) is 86.3 cm³/mol. The highest BCUT2D eigenvalue weighted by Gasteiger charge is 2.27. The lowest BCUT2D eigenvalue weighted by Gasteiger charge is -2.22. The van der Waals surface area contributed by atoms with Crippen LogP contribution in [0.15, 0.2) is 30.6 Å². The lowest BCUT2D eigenvalue weighted by atomic mass is 10.1. The SMILES string of the molecule is CN(C)CCC1CN(C)C(=O)c2cc3ccncc3cc2O1. The molecule has 3 rings (SSSR count). The Kier molecular flexibility index (Phi) is 3.98. The number of fused-ring (bicyclic) bond motifs is 2. The van der Waals surface area contributed by atoms with E-state index in [9.17, 15) is 4.79 Å². The minimum absolute atomic E-state index is 0.00622. The molecule has 0 bridgehead atoms. The molecule has 1 atom stereocenters. The summed E-state index contributed by atoms with van der Waals surface area (Å²) in [5.41, 5.74) is 0.633. The first-order valence-electron chi connectivity index (χ1n) is 7.49. The van der Waals surface area contributed by atoms with Gasteiger partial charge in [0.05, 0.1) is 12.1 Å². The summed E-state index contributed by atoms with van der Waals surface area (Å²) in [6.07, 6.45) is 4.43. The number of benzene rings is 1. The van der Waals surface area contributed by atoms with Crippen LogP contribution in [0.1, 0.15) is 16.8 Å². The molecule has 1 aliphatic rings. The van der Waals surface area contributed by atoms with Crippen LogP contribution in [0, 0.1) is 0 Å². The number of carbonyl (C=O) groups excluding carboxylic acids is 1. The maximum atomic E-state index is 12.6. The molecule has 1 aliphatic heterocycles. The molecule has 2 aromatic rings. The molecule has 1 aromatic heterocycles. The van der Waals surface area contributed by atoms with Gasteiger partial charge in [0.1, 0.15) is 11.9 Å². The highest BCUT2D eigenvalue weighted by molar-refractivity contribution is 6.01. The molecule has 116 valence electrons. The van der Waals surface area contributed by atoms with Gasteiger partial charge in [-0.1, -0.05) is 0 Å². The van der Waals surface area contributed by atoms with Crippen molar-refractivity contribution in [3.05, 3.63) is 36.2 Å². The number of rotatable bonds is 3. The number of carbonyl (C=O) groups is 1. The Morgan fingerprint density at radius 2 is 2.18 bits per heavy atom. The van der Waals surface area contributed by atoms with E-state index in [4.69, 9.17) is 4.74 Å². The number of ether oxygens (including phenoxy) is 1. The Bertz CT molecular complexity index is 699. The monoisotopic (exact) mass is 299 g/mol. The fourth-order valence-electron chi connectivity index (χ4n) is 2.74. The van der Waals surface area contributed by atoms with Crippen LogP contribution in [0.5, 0.6) is 5.75 Å². The molecule has 0 saturated carbocycles. The van der Waals surface area contributed by atoms with E-state index in [1.165, 1.54) is 0 Å². The number of hydrogen-bond donors (Lipinski definition) is 0. The van der Waals surface area contributed by atoms with Crippen molar-refractivity contribution in [1.29, 1.82) is 0 Å². The van der Waals surface area contributed by atoms with Crippen LogP contribution in [-0.4, -0.2) is 61.0 Å². The third kappa shape index (κ3) is 2.90. The summed E-state index contributed by atoms with van der Waals surface area (Å²) >= 11 is 0. The lowest BCUT2D eigenvalue weighted by Crippen LogP contribution is -2.35. The highest BCUT2D eigenvalue weighted by atomic mass is 16.5. The predicted octanol–water partition coefficient (Wildman–Crippen LogP) is 2.02. The van der Waals surface area contributed by atoms with E-state index in [0.29, 0.717) is 17.9 Å². The van der Waals surface area contributed by atoms with Gasteiger partial charge in [-0.15, -0.1) is 0 Å². The third-order valence-electron chi connectivity index (χ3n) is 3.99. The number of likely N-dealkylation sites (N-methyl/N-ethyl adjacent to an activating group) is 1. The molecule has 1 aromatic carbocycles. The van der Waals surface area contributed by atoms with Crippen LogP contribution < -0.4 is 4.74 Å². The molecule has 5 heteroatoms. The van der Waals surface area contributed by atoms with Gasteiger partial charge >= 0.3 is 0 Å². The summed E-state index contributed by atoms with van der Waals surface area (Å²) < 4.78 is 6.14. The Morgan fingerprint density at radius 1 is 1.36 bits per heavy atom. The third-order valence-corrected chi connectivity index (χ3v) is 3.99. The fraction of sp³-hybridized carbons (Fsp3) is 0.412. The van der Waals surface area contributed by atoms with Crippen LogP contribution in [0.2, 0.25) is 0 Å². The summed E-state index contributed by atoms with van der Waals surface area (Å²) in [4.78, 5) is 20.6. The van der Waals surface area contributed by atoms with E-state index in [1.54, 1.807) is 17.3 Å². The molecule has 0 N–H and O–H groups in total. The molecule has 1 amide bonds. The maximum Gasteiger partial charge on any atom is 0.257 e. The normalized spacial score (nSPS) is 18.3. The second-order valence-electron chi connectivity index (χ2n) is 6.09. The van der Waals surface area contributed by atoms with E-state index in [1.807, 2.05) is 39.3 Å². The van der Waals surface area contributed by atoms with Crippen LogP contribution in [0.3, 0.4) is 0 Å². The van der Waals surface area contributed by atoms with E-state index in [0.717, 1.165) is 23.7 Å². The van der Waals surface area contributed by atoms with E-state index >= 15 is 0 Å². The second-order valence-corrected chi connectivity index (χ2v) is 6.09. The zero-order valence-corrected chi connectivity index (χ0v) is 13.2. The molecule has 0 radical (unpaired) electrons. The molecule has 0 aliphatic carbocycles. The minimum atomic E-state index is 0.00622.